The average Bonchev–Trinajstić information content (AvgIpc) is 2.27. The van der Waals surface area contributed by atoms with Crippen LogP contribution in [0.5, 0.6) is 0 Å². The number of nitrogens with zero attached hydrogens (tertiary/aromatic N) is 3. The molecule has 0 unspecified atom stereocenters. The first-order chi connectivity index (χ1) is 7.10. The topological polar surface area (TPSA) is 64.4 Å². The molecule has 0 aromatic heterocycles. The molecule has 6 heteroatoms. The summed E-state index contributed by atoms with van der Waals surface area (Å²) in [5, 5.41) is 8.43. The first-order valence-electron chi connectivity index (χ1n) is 5.17. The predicted octanol–water partition coefficient (Wildman–Crippen LogP) is -0.133. The van der Waals surface area contributed by atoms with Gasteiger partial charge in [-0.2, -0.15) is 9.57 Å². The van der Waals surface area contributed by atoms with Crippen LogP contribution < -0.4 is 0 Å². The fourth-order valence-electron chi connectivity index (χ4n) is 1.62. The maximum absolute atomic E-state index is 11.5. The van der Waals surface area contributed by atoms with E-state index < -0.39 is 10.0 Å². The molecule has 1 aliphatic rings. The smallest absolute Gasteiger partial charge is 0.213 e. The van der Waals surface area contributed by atoms with Crippen LogP contribution in [-0.4, -0.2) is 56.1 Å². The molecule has 0 aromatic rings. The maximum Gasteiger partial charge on any atom is 0.213 e. The second-order valence-corrected chi connectivity index (χ2v) is 5.81. The molecular formula is C9H17N3O2S. The fraction of sp³-hybridized carbons (Fsp3) is 0.889. The van der Waals surface area contributed by atoms with Gasteiger partial charge in [0.05, 0.1) is 11.8 Å². The molecule has 0 spiro atoms. The summed E-state index contributed by atoms with van der Waals surface area (Å²) in [6.45, 7) is 5.00. The molecule has 5 nitrogen and oxygen atoms in total. The summed E-state index contributed by atoms with van der Waals surface area (Å²) in [6, 6.07) is 2.09. The van der Waals surface area contributed by atoms with Crippen molar-refractivity contribution >= 4 is 10.0 Å². The monoisotopic (exact) mass is 231 g/mol. The van der Waals surface area contributed by atoms with Crippen molar-refractivity contribution in [2.24, 2.45) is 0 Å². The third-order valence-corrected chi connectivity index (χ3v) is 4.51. The highest BCUT2D eigenvalue weighted by Gasteiger charge is 2.24. The standard InChI is InChI=1S/C9H17N3O2S/c1-2-15(13,14)12-8-6-11(7-9-12)5-3-4-10/h2-3,5-9H2,1H3. The van der Waals surface area contributed by atoms with Crippen LogP contribution in [0.15, 0.2) is 0 Å². The van der Waals surface area contributed by atoms with Gasteiger partial charge in [0, 0.05) is 39.1 Å². The number of piperazine rings is 1. The van der Waals surface area contributed by atoms with Gasteiger partial charge in [-0.15, -0.1) is 0 Å². The lowest BCUT2D eigenvalue weighted by Gasteiger charge is -2.33. The molecule has 0 aliphatic carbocycles. The van der Waals surface area contributed by atoms with Gasteiger partial charge in [-0.05, 0) is 6.92 Å². The molecule has 0 bridgehead atoms. The van der Waals surface area contributed by atoms with Crippen molar-refractivity contribution in [1.82, 2.24) is 9.21 Å². The van der Waals surface area contributed by atoms with Crippen molar-refractivity contribution in [2.75, 3.05) is 38.5 Å². The number of hydrogen-bond donors (Lipinski definition) is 0. The predicted molar refractivity (Wildman–Crippen MR) is 57.7 cm³/mol. The van der Waals surface area contributed by atoms with Crippen LogP contribution in [0.3, 0.4) is 0 Å². The lowest BCUT2D eigenvalue weighted by molar-refractivity contribution is 0.192. The largest absolute Gasteiger partial charge is 0.300 e. The van der Waals surface area contributed by atoms with Crippen molar-refractivity contribution in [3.8, 4) is 6.07 Å². The molecule has 0 N–H and O–H groups in total. The summed E-state index contributed by atoms with van der Waals surface area (Å²) < 4.78 is 24.6. The zero-order chi connectivity index (χ0) is 11.3. The SMILES string of the molecule is CCS(=O)(=O)N1CCN(CCC#N)CC1. The van der Waals surface area contributed by atoms with Gasteiger partial charge >= 0.3 is 0 Å². The third kappa shape index (κ3) is 3.45. The van der Waals surface area contributed by atoms with Crippen LogP contribution >= 0.6 is 0 Å². The Morgan fingerprint density at radius 2 is 1.87 bits per heavy atom. The van der Waals surface area contributed by atoms with E-state index in [1.165, 1.54) is 4.31 Å². The maximum atomic E-state index is 11.5. The molecule has 0 amide bonds. The van der Waals surface area contributed by atoms with Crippen LogP contribution in [0.4, 0.5) is 0 Å². The molecule has 1 saturated heterocycles. The van der Waals surface area contributed by atoms with E-state index in [2.05, 4.69) is 11.0 Å². The normalized spacial score (nSPS) is 20.0. The van der Waals surface area contributed by atoms with Gasteiger partial charge in [-0.1, -0.05) is 0 Å². The molecular weight excluding hydrogens is 214 g/mol. The third-order valence-electron chi connectivity index (χ3n) is 2.63. The van der Waals surface area contributed by atoms with Gasteiger partial charge in [-0.3, -0.25) is 4.90 Å². The highest BCUT2D eigenvalue weighted by molar-refractivity contribution is 7.89. The average molecular weight is 231 g/mol. The van der Waals surface area contributed by atoms with Crippen LogP contribution in [0.25, 0.3) is 0 Å². The lowest BCUT2D eigenvalue weighted by Crippen LogP contribution is -2.49. The van der Waals surface area contributed by atoms with Crippen LogP contribution in [-0.2, 0) is 10.0 Å². The summed E-state index contributed by atoms with van der Waals surface area (Å²) >= 11 is 0. The van der Waals surface area contributed by atoms with E-state index in [4.69, 9.17) is 5.26 Å². The molecule has 0 radical (unpaired) electrons. The summed E-state index contributed by atoms with van der Waals surface area (Å²) in [5.41, 5.74) is 0. The number of sulfonamides is 1. The molecule has 1 heterocycles. The first kappa shape index (κ1) is 12.4. The van der Waals surface area contributed by atoms with Crippen molar-refractivity contribution in [3.63, 3.8) is 0 Å². The second-order valence-electron chi connectivity index (χ2n) is 3.55. The van der Waals surface area contributed by atoms with Gasteiger partial charge in [-0.25, -0.2) is 8.42 Å². The molecule has 1 fully saturated rings. The Bertz CT molecular complexity index is 326. The van der Waals surface area contributed by atoms with E-state index in [1.54, 1.807) is 6.92 Å². The van der Waals surface area contributed by atoms with Crippen molar-refractivity contribution in [3.05, 3.63) is 0 Å². The number of nitriles is 1. The highest BCUT2D eigenvalue weighted by atomic mass is 32.2. The van der Waals surface area contributed by atoms with Gasteiger partial charge in [0.25, 0.3) is 0 Å². The van der Waals surface area contributed by atoms with Crippen LogP contribution in [0.2, 0.25) is 0 Å². The Labute approximate surface area is 91.3 Å². The molecule has 1 rings (SSSR count). The molecule has 0 atom stereocenters. The number of rotatable bonds is 4. The van der Waals surface area contributed by atoms with Gasteiger partial charge in [0.15, 0.2) is 0 Å². The molecule has 86 valence electrons. The fourth-order valence-corrected chi connectivity index (χ4v) is 2.71. The second kappa shape index (κ2) is 5.45. The Hall–Kier alpha value is -0.640. The van der Waals surface area contributed by atoms with E-state index in [9.17, 15) is 8.42 Å². The van der Waals surface area contributed by atoms with Gasteiger partial charge < -0.3 is 0 Å². The Kier molecular flexibility index (Phi) is 4.51. The van der Waals surface area contributed by atoms with Gasteiger partial charge in [0.2, 0.25) is 10.0 Å². The van der Waals surface area contributed by atoms with E-state index in [0.717, 1.165) is 19.6 Å². The van der Waals surface area contributed by atoms with E-state index >= 15 is 0 Å². The number of hydrogen-bond acceptors (Lipinski definition) is 4. The molecule has 1 aliphatic heterocycles. The van der Waals surface area contributed by atoms with Crippen molar-refractivity contribution < 1.29 is 8.42 Å². The minimum absolute atomic E-state index is 0.172. The zero-order valence-corrected chi connectivity index (χ0v) is 9.83. The highest BCUT2D eigenvalue weighted by Crippen LogP contribution is 2.07. The molecule has 15 heavy (non-hydrogen) atoms. The van der Waals surface area contributed by atoms with E-state index in [0.29, 0.717) is 19.5 Å². The van der Waals surface area contributed by atoms with Crippen molar-refractivity contribution in [1.29, 1.82) is 5.26 Å². The summed E-state index contributed by atoms with van der Waals surface area (Å²) in [4.78, 5) is 2.13. The quantitative estimate of drug-likeness (QED) is 0.676. The summed E-state index contributed by atoms with van der Waals surface area (Å²) in [7, 11) is -3.02. The van der Waals surface area contributed by atoms with Crippen LogP contribution in [0, 0.1) is 11.3 Å². The van der Waals surface area contributed by atoms with E-state index in [-0.39, 0.29) is 5.75 Å². The minimum atomic E-state index is -3.02. The van der Waals surface area contributed by atoms with Crippen LogP contribution in [0.1, 0.15) is 13.3 Å². The molecule has 0 aromatic carbocycles. The summed E-state index contributed by atoms with van der Waals surface area (Å²) in [6.07, 6.45) is 0.514. The summed E-state index contributed by atoms with van der Waals surface area (Å²) in [5.74, 6) is 0.172. The van der Waals surface area contributed by atoms with Gasteiger partial charge in [0.1, 0.15) is 0 Å². The Morgan fingerprint density at radius 3 is 2.33 bits per heavy atom. The van der Waals surface area contributed by atoms with Crippen molar-refractivity contribution in [2.45, 2.75) is 13.3 Å². The Morgan fingerprint density at radius 1 is 1.27 bits per heavy atom. The molecule has 0 saturated carbocycles. The first-order valence-corrected chi connectivity index (χ1v) is 6.78. The zero-order valence-electron chi connectivity index (χ0n) is 9.02. The lowest BCUT2D eigenvalue weighted by atomic mass is 10.3. The minimum Gasteiger partial charge on any atom is -0.300 e. The Balaban J connectivity index is 2.40. The van der Waals surface area contributed by atoms with E-state index in [1.807, 2.05) is 0 Å².